The van der Waals surface area contributed by atoms with Crippen LogP contribution in [0.3, 0.4) is 0 Å². The normalized spacial score (nSPS) is 12.6. The molecule has 6 heteroatoms. The first-order valence-corrected chi connectivity index (χ1v) is 6.99. The van der Waals surface area contributed by atoms with Crippen molar-refractivity contribution in [1.29, 1.82) is 0 Å². The minimum Gasteiger partial charge on any atom is -0.348 e. The van der Waals surface area contributed by atoms with Crippen molar-refractivity contribution in [2.24, 2.45) is 11.8 Å². The number of nitrogen functional groups attached to an aromatic ring is 1. The Hall–Kier alpha value is -1.69. The molecule has 0 radical (unpaired) electrons. The average Bonchev–Trinajstić information content (AvgIpc) is 2.36. The third-order valence-corrected chi connectivity index (χ3v) is 2.90. The first-order valence-electron chi connectivity index (χ1n) is 6.99. The summed E-state index contributed by atoms with van der Waals surface area (Å²) in [5.74, 6) is 6.50. The highest BCUT2D eigenvalue weighted by Crippen LogP contribution is 2.16. The van der Waals surface area contributed by atoms with Crippen molar-refractivity contribution in [3.8, 4) is 0 Å². The Balaban J connectivity index is 2.92. The molecule has 0 saturated heterocycles. The largest absolute Gasteiger partial charge is 0.348 e. The number of carbonyl (C=O) groups is 1. The van der Waals surface area contributed by atoms with Crippen LogP contribution in [0.4, 0.5) is 5.69 Å². The molecular formula is C14H25N5O. The van der Waals surface area contributed by atoms with E-state index in [0.29, 0.717) is 23.1 Å². The van der Waals surface area contributed by atoms with Gasteiger partial charge in [-0.25, -0.2) is 9.97 Å². The summed E-state index contributed by atoms with van der Waals surface area (Å²) in [7, 11) is 0. The number of anilines is 1. The monoisotopic (exact) mass is 279 g/mol. The fourth-order valence-electron chi connectivity index (χ4n) is 2.01. The number of nitrogens with zero attached hydrogens (tertiary/aromatic N) is 2. The van der Waals surface area contributed by atoms with E-state index in [9.17, 15) is 4.79 Å². The third kappa shape index (κ3) is 4.45. The van der Waals surface area contributed by atoms with Gasteiger partial charge in [-0.05, 0) is 19.3 Å². The van der Waals surface area contributed by atoms with Crippen molar-refractivity contribution < 1.29 is 4.79 Å². The number of hydrogen-bond acceptors (Lipinski definition) is 5. The van der Waals surface area contributed by atoms with Crippen molar-refractivity contribution in [2.75, 3.05) is 5.43 Å². The number of amides is 1. The molecular weight excluding hydrogens is 254 g/mol. The molecule has 0 saturated carbocycles. The van der Waals surface area contributed by atoms with Crippen LogP contribution in [0.15, 0.2) is 6.20 Å². The van der Waals surface area contributed by atoms with Gasteiger partial charge in [-0.2, -0.15) is 0 Å². The van der Waals surface area contributed by atoms with E-state index < -0.39 is 0 Å². The lowest BCUT2D eigenvalue weighted by molar-refractivity contribution is 0.0931. The van der Waals surface area contributed by atoms with Crippen molar-refractivity contribution >= 4 is 11.6 Å². The summed E-state index contributed by atoms with van der Waals surface area (Å²) in [6.45, 7) is 10.2. The van der Waals surface area contributed by atoms with Crippen LogP contribution in [0.5, 0.6) is 0 Å². The molecule has 1 amide bonds. The van der Waals surface area contributed by atoms with Gasteiger partial charge in [0.1, 0.15) is 5.82 Å². The quantitative estimate of drug-likeness (QED) is 0.547. The van der Waals surface area contributed by atoms with Gasteiger partial charge >= 0.3 is 0 Å². The predicted molar refractivity (Wildman–Crippen MR) is 80.3 cm³/mol. The van der Waals surface area contributed by atoms with Gasteiger partial charge in [-0.15, -0.1) is 0 Å². The number of hydrazine groups is 1. The summed E-state index contributed by atoms with van der Waals surface area (Å²) < 4.78 is 0. The summed E-state index contributed by atoms with van der Waals surface area (Å²) in [6, 6.07) is 0.0885. The van der Waals surface area contributed by atoms with Gasteiger partial charge in [0.2, 0.25) is 0 Å². The fourth-order valence-corrected chi connectivity index (χ4v) is 2.01. The number of carbonyl (C=O) groups excluding carboxylic acids is 1. The third-order valence-electron chi connectivity index (χ3n) is 2.90. The van der Waals surface area contributed by atoms with Crippen LogP contribution in [0.1, 0.15) is 63.3 Å². The molecule has 1 rings (SSSR count). The standard InChI is InChI=1S/C14H25N5O/c1-8(2)6-10(5)17-14(20)12-11(19-15)7-16-13(18-12)9(3)4/h7-10,19H,6,15H2,1-5H3,(H,17,20). The maximum Gasteiger partial charge on any atom is 0.272 e. The summed E-state index contributed by atoms with van der Waals surface area (Å²) in [5, 5.41) is 2.94. The summed E-state index contributed by atoms with van der Waals surface area (Å²) >= 11 is 0. The number of rotatable bonds is 6. The second-order valence-electron chi connectivity index (χ2n) is 5.79. The van der Waals surface area contributed by atoms with Crippen molar-refractivity contribution in [3.63, 3.8) is 0 Å². The lowest BCUT2D eigenvalue weighted by Crippen LogP contribution is -2.35. The van der Waals surface area contributed by atoms with E-state index in [1.165, 1.54) is 0 Å². The fraction of sp³-hybridized carbons (Fsp3) is 0.643. The molecule has 4 N–H and O–H groups in total. The van der Waals surface area contributed by atoms with Crippen LogP contribution in [-0.4, -0.2) is 21.9 Å². The zero-order chi connectivity index (χ0) is 15.3. The van der Waals surface area contributed by atoms with Crippen molar-refractivity contribution in [1.82, 2.24) is 15.3 Å². The molecule has 0 spiro atoms. The van der Waals surface area contributed by atoms with Crippen molar-refractivity contribution in [3.05, 3.63) is 17.7 Å². The highest BCUT2D eigenvalue weighted by Gasteiger charge is 2.18. The topological polar surface area (TPSA) is 92.9 Å². The average molecular weight is 279 g/mol. The number of nitrogens with two attached hydrogens (primary N) is 1. The first kappa shape index (κ1) is 16.4. The number of nitrogens with one attached hydrogen (secondary N) is 2. The van der Waals surface area contributed by atoms with Crippen LogP contribution in [0.2, 0.25) is 0 Å². The molecule has 20 heavy (non-hydrogen) atoms. The molecule has 112 valence electrons. The van der Waals surface area contributed by atoms with Gasteiger partial charge in [-0.3, -0.25) is 10.6 Å². The van der Waals surface area contributed by atoms with E-state index in [-0.39, 0.29) is 17.9 Å². The maximum absolute atomic E-state index is 12.3. The van der Waals surface area contributed by atoms with E-state index in [0.717, 1.165) is 6.42 Å². The summed E-state index contributed by atoms with van der Waals surface area (Å²) in [5.41, 5.74) is 3.20. The van der Waals surface area contributed by atoms with Crippen LogP contribution >= 0.6 is 0 Å². The highest BCUT2D eigenvalue weighted by atomic mass is 16.2. The molecule has 1 aromatic rings. The molecule has 1 heterocycles. The van der Waals surface area contributed by atoms with Gasteiger partial charge in [0.05, 0.1) is 11.9 Å². The summed E-state index contributed by atoms with van der Waals surface area (Å²) in [4.78, 5) is 20.8. The Morgan fingerprint density at radius 2 is 1.95 bits per heavy atom. The Morgan fingerprint density at radius 3 is 2.45 bits per heavy atom. The van der Waals surface area contributed by atoms with Gasteiger partial charge in [0, 0.05) is 12.0 Å². The first-order chi connectivity index (χ1) is 9.35. The number of hydrogen-bond donors (Lipinski definition) is 3. The highest BCUT2D eigenvalue weighted by molar-refractivity contribution is 5.97. The molecule has 0 bridgehead atoms. The molecule has 0 aromatic carbocycles. The molecule has 0 aliphatic rings. The van der Waals surface area contributed by atoms with Crippen molar-refractivity contribution in [2.45, 2.75) is 53.0 Å². The Labute approximate surface area is 120 Å². The zero-order valence-electron chi connectivity index (χ0n) is 12.9. The van der Waals surface area contributed by atoms with E-state index in [4.69, 9.17) is 5.84 Å². The number of aromatic nitrogens is 2. The lowest BCUT2D eigenvalue weighted by atomic mass is 10.1. The van der Waals surface area contributed by atoms with E-state index >= 15 is 0 Å². The Morgan fingerprint density at radius 1 is 1.30 bits per heavy atom. The van der Waals surface area contributed by atoms with Gasteiger partial charge in [0.25, 0.3) is 5.91 Å². The molecule has 6 nitrogen and oxygen atoms in total. The minimum absolute atomic E-state index is 0.0885. The van der Waals surface area contributed by atoms with Gasteiger partial charge in [0.15, 0.2) is 5.69 Å². The maximum atomic E-state index is 12.3. The van der Waals surface area contributed by atoms with Crippen LogP contribution in [0, 0.1) is 5.92 Å². The molecule has 1 aromatic heterocycles. The molecule has 0 fully saturated rings. The second-order valence-corrected chi connectivity index (χ2v) is 5.79. The molecule has 0 aliphatic heterocycles. The molecule has 1 unspecified atom stereocenters. The Bertz CT molecular complexity index is 459. The second kappa shape index (κ2) is 7.19. The summed E-state index contributed by atoms with van der Waals surface area (Å²) in [6.07, 6.45) is 2.46. The SMILES string of the molecule is CC(C)CC(C)NC(=O)c1nc(C(C)C)ncc1NN. The molecule has 1 atom stereocenters. The smallest absolute Gasteiger partial charge is 0.272 e. The van der Waals surface area contributed by atoms with E-state index in [2.05, 4.69) is 34.6 Å². The van der Waals surface area contributed by atoms with Gasteiger partial charge < -0.3 is 10.7 Å². The van der Waals surface area contributed by atoms with Crippen LogP contribution in [-0.2, 0) is 0 Å². The van der Waals surface area contributed by atoms with Crippen LogP contribution < -0.4 is 16.6 Å². The molecule has 0 aliphatic carbocycles. The van der Waals surface area contributed by atoms with Gasteiger partial charge in [-0.1, -0.05) is 27.7 Å². The zero-order valence-corrected chi connectivity index (χ0v) is 12.9. The predicted octanol–water partition coefficient (Wildman–Crippen LogP) is 2.05. The Kier molecular flexibility index (Phi) is 5.88. The lowest BCUT2D eigenvalue weighted by Gasteiger charge is -2.17. The van der Waals surface area contributed by atoms with Crippen LogP contribution in [0.25, 0.3) is 0 Å². The van der Waals surface area contributed by atoms with E-state index in [1.54, 1.807) is 6.20 Å². The minimum atomic E-state index is -0.226. The van der Waals surface area contributed by atoms with E-state index in [1.807, 2.05) is 20.8 Å².